The van der Waals surface area contributed by atoms with E-state index in [4.69, 9.17) is 0 Å². The first-order valence-corrected chi connectivity index (χ1v) is 10.3. The molecule has 0 radical (unpaired) electrons. The lowest BCUT2D eigenvalue weighted by Crippen LogP contribution is -2.66. The van der Waals surface area contributed by atoms with E-state index in [0.29, 0.717) is 11.8 Å². The van der Waals surface area contributed by atoms with E-state index in [9.17, 15) is 8.42 Å². The minimum atomic E-state index is -2.86. The summed E-state index contributed by atoms with van der Waals surface area (Å²) in [6.45, 7) is 14.2. The smallest absolute Gasteiger partial charge is 0.147 e. The molecule has 1 fully saturated rings. The third kappa shape index (κ3) is 5.53. The van der Waals surface area contributed by atoms with Gasteiger partial charge in [-0.15, -0.1) is 0 Å². The summed E-state index contributed by atoms with van der Waals surface area (Å²) in [6.07, 6.45) is 4.29. The highest BCUT2D eigenvalue weighted by Crippen LogP contribution is 2.31. The van der Waals surface area contributed by atoms with Crippen LogP contribution in [0.15, 0.2) is 0 Å². The standard InChI is InChI=1S/C16H34N2O2S/c1-7-16(8-2)13-18(10-9-11-21(6,19)20)14(12-17-16)15(3,4)5/h14,17H,7-13H2,1-6H3. The van der Waals surface area contributed by atoms with Crippen LogP contribution in [0.2, 0.25) is 0 Å². The second-order valence-corrected chi connectivity index (χ2v) is 9.96. The van der Waals surface area contributed by atoms with Crippen molar-refractivity contribution in [2.45, 2.75) is 65.5 Å². The van der Waals surface area contributed by atoms with Gasteiger partial charge in [-0.25, -0.2) is 8.42 Å². The van der Waals surface area contributed by atoms with Crippen LogP contribution in [0, 0.1) is 5.41 Å². The van der Waals surface area contributed by atoms with Crippen LogP contribution in [0.3, 0.4) is 0 Å². The van der Waals surface area contributed by atoms with Crippen molar-refractivity contribution in [3.63, 3.8) is 0 Å². The second-order valence-electron chi connectivity index (χ2n) is 7.70. The minimum Gasteiger partial charge on any atom is -0.308 e. The maximum absolute atomic E-state index is 11.4. The first-order valence-electron chi connectivity index (χ1n) is 8.20. The molecule has 0 aromatic carbocycles. The van der Waals surface area contributed by atoms with Gasteiger partial charge in [0.25, 0.3) is 0 Å². The molecule has 0 spiro atoms. The Labute approximate surface area is 131 Å². The van der Waals surface area contributed by atoms with Crippen LogP contribution in [-0.4, -0.2) is 56.5 Å². The number of sulfone groups is 1. The van der Waals surface area contributed by atoms with Gasteiger partial charge in [0.05, 0.1) is 5.75 Å². The van der Waals surface area contributed by atoms with Crippen molar-refractivity contribution in [3.05, 3.63) is 0 Å². The van der Waals surface area contributed by atoms with Crippen molar-refractivity contribution in [2.75, 3.05) is 31.6 Å². The molecule has 126 valence electrons. The fraction of sp³-hybridized carbons (Fsp3) is 1.00. The molecule has 0 bridgehead atoms. The molecule has 1 atom stereocenters. The quantitative estimate of drug-likeness (QED) is 0.816. The van der Waals surface area contributed by atoms with Gasteiger partial charge in [0.2, 0.25) is 0 Å². The molecular weight excluding hydrogens is 284 g/mol. The maximum atomic E-state index is 11.4. The van der Waals surface area contributed by atoms with Crippen molar-refractivity contribution < 1.29 is 8.42 Å². The lowest BCUT2D eigenvalue weighted by Gasteiger charge is -2.51. The van der Waals surface area contributed by atoms with Crippen LogP contribution in [0.4, 0.5) is 0 Å². The molecule has 1 saturated heterocycles. The van der Waals surface area contributed by atoms with Crippen LogP contribution in [0.25, 0.3) is 0 Å². The molecule has 0 aromatic rings. The Kier molecular flexibility index (Phi) is 6.28. The van der Waals surface area contributed by atoms with E-state index in [1.54, 1.807) is 0 Å². The monoisotopic (exact) mass is 318 g/mol. The SMILES string of the molecule is CCC1(CC)CN(CCCS(C)(=O)=O)C(C(C)(C)C)CN1. The van der Waals surface area contributed by atoms with Crippen LogP contribution >= 0.6 is 0 Å². The van der Waals surface area contributed by atoms with Crippen LogP contribution in [-0.2, 0) is 9.84 Å². The van der Waals surface area contributed by atoms with E-state index in [2.05, 4.69) is 44.8 Å². The number of nitrogens with zero attached hydrogens (tertiary/aromatic N) is 1. The average molecular weight is 319 g/mol. The zero-order valence-electron chi connectivity index (χ0n) is 14.7. The lowest BCUT2D eigenvalue weighted by molar-refractivity contribution is 0.0191. The number of rotatable bonds is 6. The lowest BCUT2D eigenvalue weighted by atomic mass is 9.80. The minimum absolute atomic E-state index is 0.187. The van der Waals surface area contributed by atoms with Crippen LogP contribution in [0.1, 0.15) is 53.9 Å². The zero-order valence-corrected chi connectivity index (χ0v) is 15.5. The number of hydrogen-bond donors (Lipinski definition) is 1. The Bertz CT molecular complexity index is 422. The summed E-state index contributed by atoms with van der Waals surface area (Å²) < 4.78 is 22.7. The fourth-order valence-electron chi connectivity index (χ4n) is 3.34. The molecule has 0 aromatic heterocycles. The molecule has 1 unspecified atom stereocenters. The van der Waals surface area contributed by atoms with Gasteiger partial charge in [0, 0.05) is 30.9 Å². The normalized spacial score (nSPS) is 24.2. The first kappa shape index (κ1) is 18.9. The van der Waals surface area contributed by atoms with E-state index >= 15 is 0 Å². The summed E-state index contributed by atoms with van der Waals surface area (Å²) in [7, 11) is -2.86. The summed E-state index contributed by atoms with van der Waals surface area (Å²) in [4.78, 5) is 2.52. The predicted octanol–water partition coefficient (Wildman–Crippen LogP) is 2.30. The van der Waals surface area contributed by atoms with Gasteiger partial charge in [0.1, 0.15) is 9.84 Å². The summed E-state index contributed by atoms with van der Waals surface area (Å²) in [5.74, 6) is 0.291. The van der Waals surface area contributed by atoms with E-state index < -0.39 is 9.84 Å². The molecule has 21 heavy (non-hydrogen) atoms. The van der Waals surface area contributed by atoms with Crippen molar-refractivity contribution in [1.82, 2.24) is 10.2 Å². The summed E-state index contributed by atoms with van der Waals surface area (Å²) in [6, 6.07) is 0.461. The van der Waals surface area contributed by atoms with Gasteiger partial charge in [-0.1, -0.05) is 34.6 Å². The molecule has 1 heterocycles. The Morgan fingerprint density at radius 2 is 1.81 bits per heavy atom. The van der Waals surface area contributed by atoms with Crippen molar-refractivity contribution in [3.8, 4) is 0 Å². The highest BCUT2D eigenvalue weighted by molar-refractivity contribution is 7.90. The van der Waals surface area contributed by atoms with E-state index in [0.717, 1.165) is 38.9 Å². The molecule has 1 aliphatic rings. The molecule has 4 nitrogen and oxygen atoms in total. The van der Waals surface area contributed by atoms with Crippen molar-refractivity contribution >= 4 is 9.84 Å². The van der Waals surface area contributed by atoms with Gasteiger partial charge < -0.3 is 5.32 Å². The molecule has 1 N–H and O–H groups in total. The van der Waals surface area contributed by atoms with Gasteiger partial charge in [0.15, 0.2) is 0 Å². The first-order chi connectivity index (χ1) is 9.53. The van der Waals surface area contributed by atoms with Gasteiger partial charge >= 0.3 is 0 Å². The number of hydrogen-bond acceptors (Lipinski definition) is 4. The molecular formula is C16H34N2O2S. The van der Waals surface area contributed by atoms with Crippen LogP contribution in [0.5, 0.6) is 0 Å². The van der Waals surface area contributed by atoms with Gasteiger partial charge in [-0.05, 0) is 31.2 Å². The van der Waals surface area contributed by atoms with E-state index in [-0.39, 0.29) is 11.0 Å². The topological polar surface area (TPSA) is 49.4 Å². The van der Waals surface area contributed by atoms with Crippen molar-refractivity contribution in [1.29, 1.82) is 0 Å². The maximum Gasteiger partial charge on any atom is 0.147 e. The highest BCUT2D eigenvalue weighted by atomic mass is 32.2. The second kappa shape index (κ2) is 6.97. The predicted molar refractivity (Wildman–Crippen MR) is 90.5 cm³/mol. The Morgan fingerprint density at radius 1 is 1.24 bits per heavy atom. The Morgan fingerprint density at radius 3 is 2.24 bits per heavy atom. The van der Waals surface area contributed by atoms with Gasteiger partial charge in [-0.2, -0.15) is 0 Å². The third-order valence-electron chi connectivity index (χ3n) is 4.93. The van der Waals surface area contributed by atoms with E-state index in [1.165, 1.54) is 6.26 Å². The van der Waals surface area contributed by atoms with Crippen molar-refractivity contribution in [2.24, 2.45) is 5.41 Å². The molecule has 5 heteroatoms. The molecule has 1 aliphatic heterocycles. The van der Waals surface area contributed by atoms with Crippen LogP contribution < -0.4 is 5.32 Å². The van der Waals surface area contributed by atoms with Gasteiger partial charge in [-0.3, -0.25) is 4.90 Å². The molecule has 1 rings (SSSR count). The third-order valence-corrected chi connectivity index (χ3v) is 5.96. The Hall–Kier alpha value is -0.130. The number of piperazine rings is 1. The Balaban J connectivity index is 2.79. The summed E-state index contributed by atoms with van der Waals surface area (Å²) >= 11 is 0. The summed E-state index contributed by atoms with van der Waals surface area (Å²) in [5.41, 5.74) is 0.387. The molecule has 0 aliphatic carbocycles. The molecule has 0 amide bonds. The fourth-order valence-corrected chi connectivity index (χ4v) is 3.99. The largest absolute Gasteiger partial charge is 0.308 e. The average Bonchev–Trinajstić information content (AvgIpc) is 2.35. The number of nitrogens with one attached hydrogen (secondary N) is 1. The summed E-state index contributed by atoms with van der Waals surface area (Å²) in [5, 5.41) is 3.77. The highest BCUT2D eigenvalue weighted by Gasteiger charge is 2.40. The zero-order chi connectivity index (χ0) is 16.3. The van der Waals surface area contributed by atoms with E-state index in [1.807, 2.05) is 0 Å². The molecule has 0 saturated carbocycles.